The number of nitrogens with zero attached hydrogens (tertiary/aromatic N) is 5. The molecule has 32 heavy (non-hydrogen) atoms. The summed E-state index contributed by atoms with van der Waals surface area (Å²) in [4.78, 5) is 28.4. The number of benzene rings is 2. The van der Waals surface area contributed by atoms with Crippen molar-refractivity contribution in [3.63, 3.8) is 0 Å². The molecule has 1 aliphatic heterocycles. The third-order valence-corrected chi connectivity index (χ3v) is 6.81. The summed E-state index contributed by atoms with van der Waals surface area (Å²) in [6, 6.07) is 13.9. The van der Waals surface area contributed by atoms with Gasteiger partial charge in [0.15, 0.2) is 10.9 Å². The number of hydrogen-bond donors (Lipinski definition) is 0. The number of piperazine rings is 1. The van der Waals surface area contributed by atoms with Crippen LogP contribution < -0.4 is 4.90 Å². The van der Waals surface area contributed by atoms with Crippen molar-refractivity contribution >= 4 is 29.1 Å². The predicted octanol–water partition coefficient (Wildman–Crippen LogP) is 3.53. The van der Waals surface area contributed by atoms with Gasteiger partial charge in [0.2, 0.25) is 5.91 Å². The van der Waals surface area contributed by atoms with E-state index in [1.165, 1.54) is 22.9 Å². The van der Waals surface area contributed by atoms with Gasteiger partial charge in [-0.1, -0.05) is 17.8 Å². The molecule has 1 amide bonds. The number of rotatable bonds is 6. The molecule has 0 saturated carbocycles. The van der Waals surface area contributed by atoms with Gasteiger partial charge in [-0.2, -0.15) is 0 Å². The lowest BCUT2D eigenvalue weighted by molar-refractivity contribution is -0.128. The number of Topliss-reactive ketones (excluding diaryl/α,β-unsaturated/α-hetero) is 1. The highest BCUT2D eigenvalue weighted by atomic mass is 32.2. The third-order valence-electron chi connectivity index (χ3n) is 5.88. The Bertz CT molecular complexity index is 1120. The largest absolute Gasteiger partial charge is 0.368 e. The van der Waals surface area contributed by atoms with E-state index in [-0.39, 0.29) is 11.7 Å². The van der Waals surface area contributed by atoms with E-state index in [4.69, 9.17) is 0 Å². The molecule has 8 heteroatoms. The van der Waals surface area contributed by atoms with Gasteiger partial charge in [0.05, 0.1) is 5.75 Å². The van der Waals surface area contributed by atoms with Crippen LogP contribution in [0.5, 0.6) is 0 Å². The lowest BCUT2D eigenvalue weighted by Crippen LogP contribution is -2.49. The van der Waals surface area contributed by atoms with Crippen LogP contribution in [0.15, 0.2) is 53.9 Å². The number of aryl methyl sites for hydroxylation is 2. The number of hydrogen-bond acceptors (Lipinski definition) is 6. The van der Waals surface area contributed by atoms with Crippen molar-refractivity contribution in [2.75, 3.05) is 36.8 Å². The standard InChI is InChI=1S/C24H27N5O2S/c1-17-4-7-22(14-18(17)2)29-16-25-26-24(29)32-15-23(31)28-12-10-27(11-13-28)21-8-5-20(6-9-21)19(3)30/h4-9,14,16H,10-13,15H2,1-3H3. The average molecular weight is 450 g/mol. The van der Waals surface area contributed by atoms with Crippen LogP contribution in [0, 0.1) is 13.8 Å². The third kappa shape index (κ3) is 4.85. The van der Waals surface area contributed by atoms with Crippen molar-refractivity contribution in [3.05, 3.63) is 65.5 Å². The number of anilines is 1. The van der Waals surface area contributed by atoms with E-state index in [2.05, 4.69) is 41.1 Å². The van der Waals surface area contributed by atoms with Crippen LogP contribution >= 0.6 is 11.8 Å². The normalized spacial score (nSPS) is 14.0. The van der Waals surface area contributed by atoms with E-state index >= 15 is 0 Å². The highest BCUT2D eigenvalue weighted by Gasteiger charge is 2.22. The summed E-state index contributed by atoms with van der Waals surface area (Å²) < 4.78 is 1.92. The minimum absolute atomic E-state index is 0.0674. The Morgan fingerprint density at radius 2 is 1.62 bits per heavy atom. The molecule has 7 nitrogen and oxygen atoms in total. The summed E-state index contributed by atoms with van der Waals surface area (Å²) in [6.07, 6.45) is 1.69. The maximum atomic E-state index is 12.8. The van der Waals surface area contributed by atoms with Gasteiger partial charge in [-0.15, -0.1) is 10.2 Å². The van der Waals surface area contributed by atoms with Crippen molar-refractivity contribution < 1.29 is 9.59 Å². The molecule has 0 N–H and O–H groups in total. The van der Waals surface area contributed by atoms with Crippen LogP contribution in [0.25, 0.3) is 5.69 Å². The molecule has 2 heterocycles. The van der Waals surface area contributed by atoms with E-state index < -0.39 is 0 Å². The molecular formula is C24H27N5O2S. The summed E-state index contributed by atoms with van der Waals surface area (Å²) in [5.41, 5.74) is 5.24. The van der Waals surface area contributed by atoms with Crippen molar-refractivity contribution in [1.29, 1.82) is 0 Å². The van der Waals surface area contributed by atoms with Crippen LogP contribution in [0.3, 0.4) is 0 Å². The first-order valence-corrected chi connectivity index (χ1v) is 11.6. The summed E-state index contributed by atoms with van der Waals surface area (Å²) >= 11 is 1.41. The van der Waals surface area contributed by atoms with E-state index in [1.54, 1.807) is 13.3 Å². The topological polar surface area (TPSA) is 71.3 Å². The Kier molecular flexibility index (Phi) is 6.60. The van der Waals surface area contributed by atoms with Crippen LogP contribution in [0.1, 0.15) is 28.4 Å². The second-order valence-electron chi connectivity index (χ2n) is 8.01. The van der Waals surface area contributed by atoms with Gasteiger partial charge >= 0.3 is 0 Å². The molecule has 0 bridgehead atoms. The molecule has 2 aromatic carbocycles. The van der Waals surface area contributed by atoms with E-state index in [9.17, 15) is 9.59 Å². The smallest absolute Gasteiger partial charge is 0.233 e. The van der Waals surface area contributed by atoms with Gasteiger partial charge in [-0.25, -0.2) is 0 Å². The highest BCUT2D eigenvalue weighted by Crippen LogP contribution is 2.23. The van der Waals surface area contributed by atoms with Gasteiger partial charge < -0.3 is 9.80 Å². The van der Waals surface area contributed by atoms with E-state index in [1.807, 2.05) is 39.8 Å². The van der Waals surface area contributed by atoms with E-state index in [0.717, 1.165) is 24.5 Å². The quantitative estimate of drug-likeness (QED) is 0.424. The molecule has 0 atom stereocenters. The summed E-state index contributed by atoms with van der Waals surface area (Å²) in [6.45, 7) is 8.64. The van der Waals surface area contributed by atoms with Crippen LogP contribution in [-0.4, -0.2) is 63.3 Å². The summed E-state index contributed by atoms with van der Waals surface area (Å²) in [5.74, 6) is 0.505. The fourth-order valence-electron chi connectivity index (χ4n) is 3.71. The zero-order valence-corrected chi connectivity index (χ0v) is 19.4. The summed E-state index contributed by atoms with van der Waals surface area (Å²) in [7, 11) is 0. The lowest BCUT2D eigenvalue weighted by Gasteiger charge is -2.36. The Labute approximate surface area is 192 Å². The van der Waals surface area contributed by atoms with E-state index in [0.29, 0.717) is 29.6 Å². The zero-order valence-electron chi connectivity index (χ0n) is 18.6. The summed E-state index contributed by atoms with van der Waals surface area (Å²) in [5, 5.41) is 8.96. The fourth-order valence-corrected chi connectivity index (χ4v) is 4.55. The molecule has 0 spiro atoms. The first-order chi connectivity index (χ1) is 15.4. The van der Waals surface area contributed by atoms with Gasteiger partial charge in [0, 0.05) is 43.1 Å². The van der Waals surface area contributed by atoms with Crippen LogP contribution in [0.4, 0.5) is 5.69 Å². The van der Waals surface area contributed by atoms with Gasteiger partial charge in [-0.3, -0.25) is 14.2 Å². The predicted molar refractivity (Wildman–Crippen MR) is 127 cm³/mol. The maximum Gasteiger partial charge on any atom is 0.233 e. The number of thioether (sulfide) groups is 1. The van der Waals surface area contributed by atoms with Crippen molar-refractivity contribution in [3.8, 4) is 5.69 Å². The van der Waals surface area contributed by atoms with Crippen LogP contribution in [-0.2, 0) is 4.79 Å². The number of aromatic nitrogens is 3. The maximum absolute atomic E-state index is 12.8. The molecule has 0 radical (unpaired) electrons. The minimum atomic E-state index is 0.0674. The monoisotopic (exact) mass is 449 g/mol. The second-order valence-corrected chi connectivity index (χ2v) is 8.95. The first kappa shape index (κ1) is 22.1. The highest BCUT2D eigenvalue weighted by molar-refractivity contribution is 7.99. The Hall–Kier alpha value is -3.13. The van der Waals surface area contributed by atoms with Gasteiger partial charge in [0.1, 0.15) is 6.33 Å². The van der Waals surface area contributed by atoms with Gasteiger partial charge in [0.25, 0.3) is 0 Å². The molecule has 0 aliphatic carbocycles. The Morgan fingerprint density at radius 1 is 0.938 bits per heavy atom. The Morgan fingerprint density at radius 3 is 2.28 bits per heavy atom. The molecule has 1 aromatic heterocycles. The van der Waals surface area contributed by atoms with Crippen molar-refractivity contribution in [2.45, 2.75) is 25.9 Å². The van der Waals surface area contributed by atoms with Crippen LogP contribution in [0.2, 0.25) is 0 Å². The molecular weight excluding hydrogens is 422 g/mol. The molecule has 1 aliphatic rings. The fraction of sp³-hybridized carbons (Fsp3) is 0.333. The molecule has 1 saturated heterocycles. The number of ketones is 1. The number of carbonyl (C=O) groups excluding carboxylic acids is 2. The zero-order chi connectivity index (χ0) is 22.7. The molecule has 4 rings (SSSR count). The average Bonchev–Trinajstić information content (AvgIpc) is 3.28. The molecule has 3 aromatic rings. The first-order valence-electron chi connectivity index (χ1n) is 10.7. The van der Waals surface area contributed by atoms with Gasteiger partial charge in [-0.05, 0) is 68.3 Å². The number of amides is 1. The minimum Gasteiger partial charge on any atom is -0.368 e. The molecule has 0 unspecified atom stereocenters. The lowest BCUT2D eigenvalue weighted by atomic mass is 10.1. The second kappa shape index (κ2) is 9.56. The van der Waals surface area contributed by atoms with Crippen molar-refractivity contribution in [1.82, 2.24) is 19.7 Å². The van der Waals surface area contributed by atoms with Crippen molar-refractivity contribution in [2.24, 2.45) is 0 Å². The SMILES string of the molecule is CC(=O)c1ccc(N2CCN(C(=O)CSc3nncn3-c3ccc(C)c(C)c3)CC2)cc1. The molecule has 1 fully saturated rings. The number of carbonyl (C=O) groups is 2. The molecule has 166 valence electrons. The Balaban J connectivity index is 1.32.